The maximum atomic E-state index is 14.5. The van der Waals surface area contributed by atoms with E-state index in [9.17, 15) is 89.7 Å². The van der Waals surface area contributed by atoms with Crippen molar-refractivity contribution < 1.29 is 142 Å². The van der Waals surface area contributed by atoms with Gasteiger partial charge in [-0.25, -0.2) is 19.3 Å². The molecule has 10 rings (SSSR count). The summed E-state index contributed by atoms with van der Waals surface area (Å²) in [6.07, 6.45) is -25.1. The molecule has 106 heavy (non-hydrogen) atoms. The predicted molar refractivity (Wildman–Crippen MR) is 359 cm³/mol. The van der Waals surface area contributed by atoms with Crippen molar-refractivity contribution in [3.8, 4) is 34.5 Å². The van der Waals surface area contributed by atoms with Crippen LogP contribution in [0.4, 0.5) is 16.2 Å². The van der Waals surface area contributed by atoms with Crippen LogP contribution >= 0.6 is 0 Å². The molecule has 0 bridgehead atoms. The van der Waals surface area contributed by atoms with Gasteiger partial charge in [0.25, 0.3) is 23.6 Å². The summed E-state index contributed by atoms with van der Waals surface area (Å²) in [4.78, 5) is 102. The summed E-state index contributed by atoms with van der Waals surface area (Å²) in [5.74, 6) is -6.36. The molecule has 6 aliphatic heterocycles. The highest BCUT2D eigenvalue weighted by Gasteiger charge is 2.52. The van der Waals surface area contributed by atoms with Crippen molar-refractivity contribution in [3.05, 3.63) is 129 Å². The van der Waals surface area contributed by atoms with Crippen molar-refractivity contribution in [1.82, 2.24) is 20.4 Å². The zero-order valence-corrected chi connectivity index (χ0v) is 57.4. The topological polar surface area (TPSA) is 529 Å². The van der Waals surface area contributed by atoms with E-state index in [-0.39, 0.29) is 145 Å². The maximum Gasteiger partial charge on any atom is 0.416 e. The molecule has 0 spiro atoms. The van der Waals surface area contributed by atoms with Gasteiger partial charge >= 0.3 is 18.0 Å². The Labute approximate surface area is 603 Å². The molecule has 15 atom stereocenters. The number of benzene rings is 4. The zero-order chi connectivity index (χ0) is 76.5. The minimum absolute atomic E-state index is 0.00217. The van der Waals surface area contributed by atoms with E-state index in [2.05, 4.69) is 33.8 Å². The average Bonchev–Trinajstić information content (AvgIpc) is 1.60. The monoisotopic (exact) mass is 1490 g/mol. The van der Waals surface area contributed by atoms with Crippen molar-refractivity contribution in [2.45, 2.75) is 138 Å². The number of aliphatic carboxylic acids is 2. The van der Waals surface area contributed by atoms with E-state index in [1.165, 1.54) is 91.8 Å². The average molecular weight is 1490 g/mol. The molecule has 4 aromatic rings. The molecule has 0 saturated carbocycles. The van der Waals surface area contributed by atoms with Crippen molar-refractivity contribution in [2.24, 2.45) is 5.11 Å². The van der Waals surface area contributed by atoms with Gasteiger partial charge in [-0.3, -0.25) is 24.1 Å². The van der Waals surface area contributed by atoms with Crippen LogP contribution in [0.3, 0.4) is 0 Å². The summed E-state index contributed by atoms with van der Waals surface area (Å²) in [6.45, 7) is 6.89. The van der Waals surface area contributed by atoms with E-state index in [4.69, 9.17) is 57.6 Å². The van der Waals surface area contributed by atoms with Gasteiger partial charge in [-0.2, -0.15) is 0 Å². The Kier molecular flexibility index (Phi) is 25.4. The van der Waals surface area contributed by atoms with Crippen LogP contribution in [-0.2, 0) is 46.5 Å². The number of carbonyl (C=O) groups excluding carboxylic acids is 5. The molecule has 4 fully saturated rings. The molecule has 0 aromatic heterocycles. The van der Waals surface area contributed by atoms with E-state index in [1.54, 1.807) is 0 Å². The number of hydrogen-bond donors (Lipinski definition) is 13. The molecule has 0 aliphatic carbocycles. The highest BCUT2D eigenvalue weighted by Crippen LogP contribution is 2.45. The molecule has 6 heterocycles. The Morgan fingerprint density at radius 1 is 0.604 bits per heavy atom. The number of nitrogens with zero attached hydrogens (tertiary/aromatic N) is 7. The quantitative estimate of drug-likeness (QED) is 0.00812. The third kappa shape index (κ3) is 16.9. The largest absolute Gasteiger partial charge is 0.493 e. The van der Waals surface area contributed by atoms with Gasteiger partial charge < -0.3 is 129 Å². The number of rotatable bonds is 30. The van der Waals surface area contributed by atoms with Crippen LogP contribution in [0.2, 0.25) is 0 Å². The first-order valence-electron chi connectivity index (χ1n) is 33.3. The molecular formula is C68H81N9O29. The first-order chi connectivity index (χ1) is 50.7. The third-order valence-electron chi connectivity index (χ3n) is 18.2. The molecule has 572 valence electrons. The number of fused-ring (bicyclic) bond motifs is 4. The Hall–Kier alpha value is -10.2. The first-order valence-corrected chi connectivity index (χ1v) is 33.3. The van der Waals surface area contributed by atoms with Crippen LogP contribution in [0.15, 0.2) is 90.1 Å². The number of aliphatic hydroxyl groups excluding tert-OH is 9. The number of anilines is 2. The van der Waals surface area contributed by atoms with E-state index in [1.807, 2.05) is 0 Å². The Balaban J connectivity index is 0.824. The van der Waals surface area contributed by atoms with Gasteiger partial charge in [-0.15, -0.1) is 0 Å². The Morgan fingerprint density at radius 2 is 1.08 bits per heavy atom. The van der Waals surface area contributed by atoms with Crippen LogP contribution in [0.5, 0.6) is 34.5 Å². The summed E-state index contributed by atoms with van der Waals surface area (Å²) in [7, 11) is 4.09. The highest BCUT2D eigenvalue weighted by molar-refractivity contribution is 6.06. The summed E-state index contributed by atoms with van der Waals surface area (Å²) in [5.41, 5.74) is 9.54. The SMILES string of the molecule is C=C1C[C@H]2C(O)N(C(=O)OCc3ccc(O[C@@H]4O[C@H](C(=O)O)[C@@H](O)[C@H](O)[C@H]4O)c(C(=O)NCCOC)c3)c3cc(OCCCCCOc4cc5c(cc4OC)C(=O)N4CC(=C)C[C@H]4C(O)N5C(O)OCc4ccc(O[C@@H]5O[C@H](C(=O)O)[C@@H](O)[C@H](O)[C@H]5O)c(C(=O)NCCN=[N+]=[N-])c4)c(OC)cc3C(=O)N2C1. The molecule has 0 radical (unpaired) electrons. The van der Waals surface area contributed by atoms with Crippen LogP contribution < -0.4 is 48.9 Å². The number of carbonyl (C=O) groups is 7. The molecular weight excluding hydrogens is 1410 g/mol. The van der Waals surface area contributed by atoms with Gasteiger partial charge in [-0.1, -0.05) is 41.6 Å². The molecule has 13 N–H and O–H groups in total. The molecule has 6 aliphatic rings. The summed E-state index contributed by atoms with van der Waals surface area (Å²) < 4.78 is 62.7. The minimum Gasteiger partial charge on any atom is -0.493 e. The highest BCUT2D eigenvalue weighted by atomic mass is 16.7. The van der Waals surface area contributed by atoms with E-state index in [0.29, 0.717) is 30.4 Å². The fourth-order valence-electron chi connectivity index (χ4n) is 12.8. The lowest BCUT2D eigenvalue weighted by Gasteiger charge is -2.38. The molecule has 4 aromatic carbocycles. The van der Waals surface area contributed by atoms with Crippen LogP contribution in [0, 0.1) is 0 Å². The van der Waals surface area contributed by atoms with Crippen molar-refractivity contribution in [2.75, 3.05) is 83.7 Å². The van der Waals surface area contributed by atoms with Crippen LogP contribution in [-0.4, -0.2) is 274 Å². The molecule has 5 amide bonds. The standard InChI is InChI=1S/C68H81N9O29/c1-31-19-41-61(88)76(67(94)101-29-33-9-11-43(37(21-33)57(84)70-13-14-72-73-69)103-65-53(82)49(78)51(80)55(105-65)63(90)91)39-25-47(45(97-4)23-35(39)59(86)74(41)27-31)99-16-7-6-8-17-100-48-26-40-36(24-46(48)98-5)60(87)75-28-32(2)20-42(75)62(89)77(40)68(95)102-30-34-10-12-44(38(22-34)58(85)71-15-18-96-3)104-66-54(83)50(79)52(81)56(106-66)64(92)93/h9-12,21-26,41-42,49-56,61-62,65-67,78-83,88-89,94H,1-2,6-8,13-20,27-30H2,3-5H3,(H,70,84)(H,71,85)(H,90,91)(H,92,93)/t41-,42-,49-,50-,51-,52-,53+,54+,55-,56-,61?,62?,65+,66+,67?/m0/s1. The Morgan fingerprint density at radius 3 is 1.58 bits per heavy atom. The summed E-state index contributed by atoms with van der Waals surface area (Å²) in [5, 5.41) is 127. The number of methoxy groups -OCH3 is 3. The number of hydrogen-bond acceptors (Lipinski definition) is 29. The number of carboxylic acids is 2. The normalized spacial score (nSPS) is 25.7. The minimum atomic E-state index is -2.05. The fraction of sp³-hybridized carbons (Fsp3) is 0.485. The molecule has 38 heteroatoms. The molecule has 4 saturated heterocycles. The lowest BCUT2D eigenvalue weighted by atomic mass is 9.99. The van der Waals surface area contributed by atoms with E-state index >= 15 is 0 Å². The number of nitrogens with one attached hydrogen (secondary N) is 2. The second-order valence-corrected chi connectivity index (χ2v) is 25.3. The predicted octanol–water partition coefficient (Wildman–Crippen LogP) is -0.0621. The number of aliphatic hydroxyl groups is 9. The van der Waals surface area contributed by atoms with Gasteiger partial charge in [0.05, 0.1) is 86.4 Å². The number of unbranched alkanes of at least 4 members (excludes halogenated alkanes) is 2. The first kappa shape index (κ1) is 78.4. The number of ether oxygens (including phenoxy) is 11. The number of carboxylic acid groups (broad SMARTS) is 2. The zero-order valence-electron chi connectivity index (χ0n) is 57.4. The second kappa shape index (κ2) is 34.4. The molecule has 3 unspecified atom stereocenters. The number of azide groups is 1. The third-order valence-corrected chi connectivity index (χ3v) is 18.2. The summed E-state index contributed by atoms with van der Waals surface area (Å²) >= 11 is 0. The van der Waals surface area contributed by atoms with Crippen LogP contribution in [0.25, 0.3) is 10.4 Å². The number of amides is 5. The second-order valence-electron chi connectivity index (χ2n) is 25.3. The van der Waals surface area contributed by atoms with Gasteiger partial charge in [0.1, 0.15) is 54.7 Å². The van der Waals surface area contributed by atoms with E-state index in [0.717, 1.165) is 9.80 Å². The fourth-order valence-corrected chi connectivity index (χ4v) is 12.8. The lowest BCUT2D eigenvalue weighted by Crippen LogP contribution is -2.61. The van der Waals surface area contributed by atoms with Gasteiger partial charge in [-0.05, 0) is 85.2 Å². The van der Waals surface area contributed by atoms with Gasteiger partial charge in [0.2, 0.25) is 19.0 Å². The van der Waals surface area contributed by atoms with Gasteiger partial charge in [0.15, 0.2) is 47.7 Å². The summed E-state index contributed by atoms with van der Waals surface area (Å²) in [6, 6.07) is 11.2. The Bertz CT molecular complexity index is 4030. The van der Waals surface area contributed by atoms with Crippen molar-refractivity contribution in [3.63, 3.8) is 0 Å². The maximum absolute atomic E-state index is 14.5. The molecule has 38 nitrogen and oxygen atoms in total. The van der Waals surface area contributed by atoms with Crippen molar-refractivity contribution in [1.29, 1.82) is 0 Å². The van der Waals surface area contributed by atoms with Crippen LogP contribution in [0.1, 0.15) is 84.7 Å². The lowest BCUT2D eigenvalue weighted by molar-refractivity contribution is -0.271. The van der Waals surface area contributed by atoms with E-state index < -0.39 is 147 Å². The van der Waals surface area contributed by atoms with Crippen molar-refractivity contribution >= 4 is 53.0 Å². The van der Waals surface area contributed by atoms with Gasteiger partial charge in [0, 0.05) is 56.9 Å². The smallest absolute Gasteiger partial charge is 0.416 e.